The summed E-state index contributed by atoms with van der Waals surface area (Å²) in [5, 5.41) is 0. The summed E-state index contributed by atoms with van der Waals surface area (Å²) in [5.41, 5.74) is 2.54. The van der Waals surface area contributed by atoms with E-state index in [0.29, 0.717) is 11.5 Å². The Morgan fingerprint density at radius 2 is 1.80 bits per heavy atom. The average Bonchev–Trinajstić information content (AvgIpc) is 2.67. The van der Waals surface area contributed by atoms with E-state index in [9.17, 15) is 4.79 Å². The molecule has 1 fully saturated rings. The molecule has 1 saturated heterocycles. The third-order valence-corrected chi connectivity index (χ3v) is 5.17. The van der Waals surface area contributed by atoms with Gasteiger partial charge in [0.25, 0.3) is 5.91 Å². The first-order valence-corrected chi connectivity index (χ1v) is 8.98. The minimum Gasteiger partial charge on any atom is -0.497 e. The third kappa shape index (κ3) is 4.01. The molecule has 2 heterocycles. The van der Waals surface area contributed by atoms with Gasteiger partial charge in [0, 0.05) is 24.8 Å². The monoisotopic (exact) mass is 338 g/mol. The number of pyridine rings is 1. The van der Waals surface area contributed by atoms with Crippen molar-refractivity contribution in [3.63, 3.8) is 0 Å². The number of carbonyl (C=O) groups is 1. The Morgan fingerprint density at radius 1 is 1.12 bits per heavy atom. The topological polar surface area (TPSA) is 42.4 Å². The number of methoxy groups -OCH3 is 1. The Morgan fingerprint density at radius 3 is 2.32 bits per heavy atom. The third-order valence-electron chi connectivity index (χ3n) is 5.17. The zero-order valence-corrected chi connectivity index (χ0v) is 15.2. The molecule has 0 saturated carbocycles. The summed E-state index contributed by atoms with van der Waals surface area (Å²) >= 11 is 0. The molecular weight excluding hydrogens is 312 g/mol. The number of ether oxygens (including phenoxy) is 1. The lowest BCUT2D eigenvalue weighted by Gasteiger charge is -2.33. The van der Waals surface area contributed by atoms with Crippen LogP contribution in [-0.4, -0.2) is 36.0 Å². The molecule has 1 aromatic heterocycles. The van der Waals surface area contributed by atoms with Gasteiger partial charge < -0.3 is 9.64 Å². The van der Waals surface area contributed by atoms with E-state index in [-0.39, 0.29) is 5.91 Å². The zero-order chi connectivity index (χ0) is 17.8. The molecule has 25 heavy (non-hydrogen) atoms. The summed E-state index contributed by atoms with van der Waals surface area (Å²) in [6.45, 7) is 6.23. The molecule has 4 nitrogen and oxygen atoms in total. The number of carbonyl (C=O) groups excluding carboxylic acids is 1. The summed E-state index contributed by atoms with van der Waals surface area (Å²) in [6, 6.07) is 11.6. The summed E-state index contributed by atoms with van der Waals surface area (Å²) in [6.07, 6.45) is 3.89. The van der Waals surface area contributed by atoms with Crippen LogP contribution in [0.15, 0.2) is 42.6 Å². The highest BCUT2D eigenvalue weighted by Crippen LogP contribution is 2.26. The quantitative estimate of drug-likeness (QED) is 0.836. The fourth-order valence-electron chi connectivity index (χ4n) is 3.40. The van der Waals surface area contributed by atoms with Crippen LogP contribution in [0.25, 0.3) is 11.3 Å². The molecule has 132 valence electrons. The van der Waals surface area contributed by atoms with Crippen molar-refractivity contribution in [3.8, 4) is 17.0 Å². The molecule has 1 aliphatic rings. The molecule has 4 heteroatoms. The second-order valence-electron chi connectivity index (χ2n) is 7.03. The molecule has 1 amide bonds. The van der Waals surface area contributed by atoms with Gasteiger partial charge in [0.15, 0.2) is 0 Å². The lowest BCUT2D eigenvalue weighted by molar-refractivity contribution is 0.0667. The Bertz CT molecular complexity index is 700. The normalized spacial score (nSPS) is 15.4. The van der Waals surface area contributed by atoms with Crippen LogP contribution in [-0.2, 0) is 0 Å². The van der Waals surface area contributed by atoms with Crippen LogP contribution in [0.2, 0.25) is 0 Å². The van der Waals surface area contributed by atoms with Crippen molar-refractivity contribution < 1.29 is 9.53 Å². The second-order valence-corrected chi connectivity index (χ2v) is 7.03. The van der Waals surface area contributed by atoms with Gasteiger partial charge >= 0.3 is 0 Å². The van der Waals surface area contributed by atoms with E-state index in [0.717, 1.165) is 48.9 Å². The van der Waals surface area contributed by atoms with Crippen LogP contribution in [0.5, 0.6) is 5.75 Å². The molecule has 2 aromatic rings. The van der Waals surface area contributed by atoms with Gasteiger partial charge in [0.1, 0.15) is 5.75 Å². The van der Waals surface area contributed by atoms with Crippen molar-refractivity contribution in [1.82, 2.24) is 9.88 Å². The fraction of sp³-hybridized carbons (Fsp3) is 0.429. The van der Waals surface area contributed by atoms with Crippen LogP contribution in [0, 0.1) is 11.8 Å². The molecule has 0 N–H and O–H groups in total. The van der Waals surface area contributed by atoms with Crippen molar-refractivity contribution in [2.24, 2.45) is 11.8 Å². The first kappa shape index (κ1) is 17.5. The minimum absolute atomic E-state index is 0.0935. The first-order valence-electron chi connectivity index (χ1n) is 8.98. The van der Waals surface area contributed by atoms with Gasteiger partial charge in [-0.1, -0.05) is 13.8 Å². The predicted octanol–water partition coefficient (Wildman–Crippen LogP) is 4.27. The number of benzene rings is 1. The SMILES string of the molecule is COc1ccc(-c2ccc(C(=O)N3CCC(C(C)C)CC3)cn2)cc1. The molecule has 0 spiro atoms. The van der Waals surface area contributed by atoms with Gasteiger partial charge in [-0.2, -0.15) is 0 Å². The van der Waals surface area contributed by atoms with Crippen LogP contribution in [0.4, 0.5) is 0 Å². The molecule has 0 atom stereocenters. The van der Waals surface area contributed by atoms with Crippen molar-refractivity contribution in [3.05, 3.63) is 48.2 Å². The molecular formula is C21H26N2O2. The Labute approximate surface area is 149 Å². The lowest BCUT2D eigenvalue weighted by Crippen LogP contribution is -2.39. The molecule has 1 aromatic carbocycles. The highest BCUT2D eigenvalue weighted by molar-refractivity contribution is 5.94. The summed E-state index contributed by atoms with van der Waals surface area (Å²) in [4.78, 5) is 19.1. The highest BCUT2D eigenvalue weighted by Gasteiger charge is 2.25. The number of hydrogen-bond acceptors (Lipinski definition) is 3. The predicted molar refractivity (Wildman–Crippen MR) is 99.7 cm³/mol. The summed E-state index contributed by atoms with van der Waals surface area (Å²) < 4.78 is 5.17. The van der Waals surface area contributed by atoms with E-state index in [1.165, 1.54) is 0 Å². The number of likely N-dealkylation sites (tertiary alicyclic amines) is 1. The number of piperidine rings is 1. The van der Waals surface area contributed by atoms with Gasteiger partial charge in [-0.15, -0.1) is 0 Å². The smallest absolute Gasteiger partial charge is 0.255 e. The number of amides is 1. The van der Waals surface area contributed by atoms with E-state index in [2.05, 4.69) is 18.8 Å². The zero-order valence-electron chi connectivity index (χ0n) is 15.2. The van der Waals surface area contributed by atoms with E-state index in [4.69, 9.17) is 4.74 Å². The molecule has 3 rings (SSSR count). The van der Waals surface area contributed by atoms with Crippen molar-refractivity contribution in [1.29, 1.82) is 0 Å². The van der Waals surface area contributed by atoms with Gasteiger partial charge in [-0.25, -0.2) is 0 Å². The lowest BCUT2D eigenvalue weighted by atomic mass is 9.86. The molecule has 0 aliphatic carbocycles. The number of nitrogens with zero attached hydrogens (tertiary/aromatic N) is 2. The first-order chi connectivity index (χ1) is 12.1. The van der Waals surface area contributed by atoms with Crippen molar-refractivity contribution in [2.45, 2.75) is 26.7 Å². The van der Waals surface area contributed by atoms with E-state index >= 15 is 0 Å². The highest BCUT2D eigenvalue weighted by atomic mass is 16.5. The molecule has 0 radical (unpaired) electrons. The average molecular weight is 338 g/mol. The minimum atomic E-state index is 0.0935. The molecule has 0 bridgehead atoms. The molecule has 0 unspecified atom stereocenters. The standard InChI is InChI=1S/C21H26N2O2/c1-15(2)16-10-12-23(13-11-16)21(24)18-6-9-20(22-14-18)17-4-7-19(25-3)8-5-17/h4-9,14-16H,10-13H2,1-3H3. The summed E-state index contributed by atoms with van der Waals surface area (Å²) in [7, 11) is 1.65. The largest absolute Gasteiger partial charge is 0.497 e. The van der Waals surface area contributed by atoms with Gasteiger partial charge in [0.05, 0.1) is 18.4 Å². The maximum absolute atomic E-state index is 12.7. The number of rotatable bonds is 4. The van der Waals surface area contributed by atoms with Crippen LogP contribution >= 0.6 is 0 Å². The van der Waals surface area contributed by atoms with Gasteiger partial charge in [0.2, 0.25) is 0 Å². The Balaban J connectivity index is 1.66. The van der Waals surface area contributed by atoms with Crippen LogP contribution in [0.3, 0.4) is 0 Å². The summed E-state index contributed by atoms with van der Waals surface area (Å²) in [5.74, 6) is 2.35. The maximum Gasteiger partial charge on any atom is 0.255 e. The number of aromatic nitrogens is 1. The Hall–Kier alpha value is -2.36. The van der Waals surface area contributed by atoms with Crippen molar-refractivity contribution >= 4 is 5.91 Å². The van der Waals surface area contributed by atoms with Crippen LogP contribution < -0.4 is 4.74 Å². The Kier molecular flexibility index (Phi) is 5.37. The van der Waals surface area contributed by atoms with E-state index in [1.54, 1.807) is 13.3 Å². The number of hydrogen-bond donors (Lipinski definition) is 0. The second kappa shape index (κ2) is 7.68. The fourth-order valence-corrected chi connectivity index (χ4v) is 3.40. The van der Waals surface area contributed by atoms with Crippen LogP contribution in [0.1, 0.15) is 37.0 Å². The van der Waals surface area contributed by atoms with E-state index in [1.807, 2.05) is 41.3 Å². The van der Waals surface area contributed by atoms with Gasteiger partial charge in [-0.3, -0.25) is 9.78 Å². The maximum atomic E-state index is 12.7. The van der Waals surface area contributed by atoms with Gasteiger partial charge in [-0.05, 0) is 61.1 Å². The van der Waals surface area contributed by atoms with E-state index < -0.39 is 0 Å². The molecule has 1 aliphatic heterocycles. The van der Waals surface area contributed by atoms with Crippen molar-refractivity contribution in [2.75, 3.05) is 20.2 Å².